The Labute approximate surface area is 139 Å². The molecule has 0 saturated carbocycles. The minimum absolute atomic E-state index is 0.110. The van der Waals surface area contributed by atoms with Crippen molar-refractivity contribution in [2.75, 3.05) is 0 Å². The molecule has 0 radical (unpaired) electrons. The number of hydrogen-bond donors (Lipinski definition) is 0. The number of benzene rings is 1. The zero-order chi connectivity index (χ0) is 16.0. The normalized spacial score (nSPS) is 13.3. The molecular weight excluding hydrogens is 342 g/mol. The van der Waals surface area contributed by atoms with Crippen LogP contribution in [0.5, 0.6) is 0 Å². The van der Waals surface area contributed by atoms with E-state index >= 15 is 0 Å². The van der Waals surface area contributed by atoms with E-state index in [1.807, 2.05) is 4.68 Å². The Kier molecular flexibility index (Phi) is 3.54. The molecular formula is C15H9ClF2N4S. The first-order valence-corrected chi connectivity index (χ1v) is 8.28. The highest BCUT2D eigenvalue weighted by Gasteiger charge is 2.26. The van der Waals surface area contributed by atoms with Crippen LogP contribution in [-0.2, 0) is 11.6 Å². The van der Waals surface area contributed by atoms with Gasteiger partial charge < -0.3 is 0 Å². The minimum Gasteiger partial charge on any atom is -0.257 e. The van der Waals surface area contributed by atoms with Crippen LogP contribution in [0.4, 0.5) is 8.78 Å². The van der Waals surface area contributed by atoms with Crippen LogP contribution in [0.3, 0.4) is 0 Å². The molecule has 0 aliphatic carbocycles. The summed E-state index contributed by atoms with van der Waals surface area (Å²) in [5, 5.41) is 4.60. The second-order valence-electron chi connectivity index (χ2n) is 4.98. The molecule has 1 aliphatic heterocycles. The molecule has 4 rings (SSSR count). The molecule has 0 saturated heterocycles. The molecule has 116 valence electrons. The van der Waals surface area contributed by atoms with Crippen molar-refractivity contribution in [1.82, 2.24) is 19.7 Å². The summed E-state index contributed by atoms with van der Waals surface area (Å²) in [6.07, 6.45) is 1.54. The summed E-state index contributed by atoms with van der Waals surface area (Å²) >= 11 is 7.59. The predicted molar refractivity (Wildman–Crippen MR) is 84.9 cm³/mol. The number of halogens is 3. The van der Waals surface area contributed by atoms with E-state index in [0.29, 0.717) is 22.8 Å². The van der Waals surface area contributed by atoms with Crippen LogP contribution >= 0.6 is 23.4 Å². The molecule has 0 atom stereocenters. The van der Waals surface area contributed by atoms with E-state index < -0.39 is 11.6 Å². The molecule has 1 aliphatic rings. The Bertz CT molecular complexity index is 912. The second kappa shape index (κ2) is 5.58. The van der Waals surface area contributed by atoms with Crippen LogP contribution in [0, 0.1) is 11.6 Å². The number of fused-ring (bicyclic) bond motifs is 1. The van der Waals surface area contributed by atoms with Crippen LogP contribution in [-0.4, -0.2) is 19.7 Å². The van der Waals surface area contributed by atoms with Gasteiger partial charge in [-0.3, -0.25) is 4.68 Å². The average molecular weight is 351 g/mol. The van der Waals surface area contributed by atoms with Gasteiger partial charge in [0.2, 0.25) is 5.28 Å². The van der Waals surface area contributed by atoms with Crippen LogP contribution in [0.25, 0.3) is 22.5 Å². The van der Waals surface area contributed by atoms with Crippen molar-refractivity contribution in [1.29, 1.82) is 0 Å². The summed E-state index contributed by atoms with van der Waals surface area (Å²) in [7, 11) is 0. The third-order valence-corrected chi connectivity index (χ3v) is 4.67. The highest BCUT2D eigenvalue weighted by molar-refractivity contribution is 7.97. The summed E-state index contributed by atoms with van der Waals surface area (Å²) in [6, 6.07) is 5.17. The molecule has 8 heteroatoms. The standard InChI is InChI=1S/C15H9ClF2N4S/c16-15-19-4-3-11(20-15)13-12-6-23-7-22(12)21-14(13)9-2-1-8(17)5-10(9)18/h1-5H,6-7H2. The van der Waals surface area contributed by atoms with E-state index in [2.05, 4.69) is 15.1 Å². The van der Waals surface area contributed by atoms with E-state index in [0.717, 1.165) is 17.5 Å². The van der Waals surface area contributed by atoms with E-state index in [1.165, 1.54) is 12.1 Å². The van der Waals surface area contributed by atoms with Crippen LogP contribution in [0.15, 0.2) is 30.5 Å². The summed E-state index contributed by atoms with van der Waals surface area (Å²) in [5.41, 5.74) is 2.91. The fourth-order valence-electron chi connectivity index (χ4n) is 2.59. The Hall–Kier alpha value is -1.99. The molecule has 2 aromatic heterocycles. The van der Waals surface area contributed by atoms with E-state index in [9.17, 15) is 8.78 Å². The van der Waals surface area contributed by atoms with Gasteiger partial charge in [-0.15, -0.1) is 11.8 Å². The van der Waals surface area contributed by atoms with Crippen LogP contribution in [0.1, 0.15) is 5.69 Å². The largest absolute Gasteiger partial charge is 0.257 e. The molecule has 0 fully saturated rings. The minimum atomic E-state index is -0.657. The summed E-state index contributed by atoms with van der Waals surface area (Å²) in [4.78, 5) is 8.09. The van der Waals surface area contributed by atoms with Gasteiger partial charge in [0.05, 0.1) is 22.8 Å². The smallest absolute Gasteiger partial charge is 0.222 e. The first kappa shape index (κ1) is 14.6. The third-order valence-electron chi connectivity index (χ3n) is 3.58. The van der Waals surface area contributed by atoms with Crippen molar-refractivity contribution < 1.29 is 8.78 Å². The van der Waals surface area contributed by atoms with Crippen molar-refractivity contribution in [3.05, 3.63) is 53.1 Å². The molecule has 3 aromatic rings. The van der Waals surface area contributed by atoms with Crippen molar-refractivity contribution in [3.8, 4) is 22.5 Å². The SMILES string of the molecule is Fc1ccc(-c2nn3c(c2-c2ccnc(Cl)n2)CSC3)c(F)c1. The highest BCUT2D eigenvalue weighted by atomic mass is 35.5. The Morgan fingerprint density at radius 2 is 2.09 bits per heavy atom. The predicted octanol–water partition coefficient (Wildman–Crippen LogP) is 4.14. The molecule has 1 aromatic carbocycles. The molecule has 0 spiro atoms. The molecule has 4 nitrogen and oxygen atoms in total. The van der Waals surface area contributed by atoms with Gasteiger partial charge in [-0.2, -0.15) is 5.10 Å². The lowest BCUT2D eigenvalue weighted by molar-refractivity contribution is 0.585. The number of rotatable bonds is 2. The van der Waals surface area contributed by atoms with Gasteiger partial charge in [-0.25, -0.2) is 18.7 Å². The van der Waals surface area contributed by atoms with Gasteiger partial charge in [-0.1, -0.05) is 0 Å². The number of hydrogen-bond acceptors (Lipinski definition) is 4. The average Bonchev–Trinajstić information content (AvgIpc) is 3.07. The van der Waals surface area contributed by atoms with Crippen molar-refractivity contribution in [2.24, 2.45) is 0 Å². The van der Waals surface area contributed by atoms with Gasteiger partial charge >= 0.3 is 0 Å². The topological polar surface area (TPSA) is 43.6 Å². The lowest BCUT2D eigenvalue weighted by Gasteiger charge is -2.06. The highest BCUT2D eigenvalue weighted by Crippen LogP contribution is 2.39. The van der Waals surface area contributed by atoms with E-state index in [1.54, 1.807) is 24.0 Å². The Morgan fingerprint density at radius 1 is 1.22 bits per heavy atom. The maximum absolute atomic E-state index is 14.2. The molecule has 23 heavy (non-hydrogen) atoms. The zero-order valence-electron chi connectivity index (χ0n) is 11.6. The van der Waals surface area contributed by atoms with Gasteiger partial charge in [0.25, 0.3) is 0 Å². The van der Waals surface area contributed by atoms with Crippen LogP contribution < -0.4 is 0 Å². The zero-order valence-corrected chi connectivity index (χ0v) is 13.2. The monoisotopic (exact) mass is 350 g/mol. The molecule has 0 N–H and O–H groups in total. The lowest BCUT2D eigenvalue weighted by Crippen LogP contribution is -1.94. The van der Waals surface area contributed by atoms with Gasteiger partial charge in [0, 0.05) is 23.6 Å². The summed E-state index contributed by atoms with van der Waals surface area (Å²) < 4.78 is 29.2. The van der Waals surface area contributed by atoms with Gasteiger partial charge in [0.15, 0.2) is 0 Å². The molecule has 0 amide bonds. The molecule has 0 bridgehead atoms. The number of nitrogens with zero attached hydrogens (tertiary/aromatic N) is 4. The summed E-state index contributed by atoms with van der Waals surface area (Å²) in [5.74, 6) is 0.146. The molecule has 3 heterocycles. The number of thioether (sulfide) groups is 1. The number of aromatic nitrogens is 4. The molecule has 0 unspecified atom stereocenters. The second-order valence-corrected chi connectivity index (χ2v) is 6.28. The maximum Gasteiger partial charge on any atom is 0.222 e. The third kappa shape index (κ3) is 2.49. The van der Waals surface area contributed by atoms with E-state index in [-0.39, 0.29) is 10.8 Å². The fourth-order valence-corrected chi connectivity index (χ4v) is 3.70. The first-order valence-electron chi connectivity index (χ1n) is 6.75. The van der Waals surface area contributed by atoms with Crippen LogP contribution in [0.2, 0.25) is 5.28 Å². The fraction of sp³-hybridized carbons (Fsp3) is 0.133. The van der Waals surface area contributed by atoms with Crippen molar-refractivity contribution >= 4 is 23.4 Å². The van der Waals surface area contributed by atoms with E-state index in [4.69, 9.17) is 11.6 Å². The van der Waals surface area contributed by atoms with Crippen molar-refractivity contribution in [2.45, 2.75) is 11.6 Å². The lowest BCUT2D eigenvalue weighted by atomic mass is 10.0. The Balaban J connectivity index is 1.98. The first-order chi connectivity index (χ1) is 11.1. The quantitative estimate of drug-likeness (QED) is 0.651. The van der Waals surface area contributed by atoms with Crippen molar-refractivity contribution in [3.63, 3.8) is 0 Å². The van der Waals surface area contributed by atoms with Gasteiger partial charge in [-0.05, 0) is 29.8 Å². The maximum atomic E-state index is 14.2. The Morgan fingerprint density at radius 3 is 2.87 bits per heavy atom. The van der Waals surface area contributed by atoms with Gasteiger partial charge in [0.1, 0.15) is 17.3 Å². The summed E-state index contributed by atoms with van der Waals surface area (Å²) in [6.45, 7) is 0.